The molecule has 0 aromatic rings. The lowest BCUT2D eigenvalue weighted by molar-refractivity contribution is -0.154. The van der Waals surface area contributed by atoms with E-state index in [9.17, 15) is 9.59 Å². The van der Waals surface area contributed by atoms with E-state index in [4.69, 9.17) is 4.74 Å². The summed E-state index contributed by atoms with van der Waals surface area (Å²) in [5, 5.41) is 0. The first-order chi connectivity index (χ1) is 11.5. The number of carbonyl (C=O) groups excluding carboxylic acids is 2. The van der Waals surface area contributed by atoms with Gasteiger partial charge in [-0.1, -0.05) is 77.9 Å². The van der Waals surface area contributed by atoms with E-state index < -0.39 is 11.9 Å². The summed E-state index contributed by atoms with van der Waals surface area (Å²) < 4.78 is 4.90. The Hall–Kier alpha value is -1.38. The summed E-state index contributed by atoms with van der Waals surface area (Å²) in [5.41, 5.74) is 0.904. The van der Waals surface area contributed by atoms with Gasteiger partial charge in [0.2, 0.25) is 0 Å². The van der Waals surface area contributed by atoms with Crippen molar-refractivity contribution >= 4 is 11.9 Å². The van der Waals surface area contributed by atoms with Crippen LogP contribution in [-0.2, 0) is 14.3 Å². The molecule has 0 aliphatic carbocycles. The zero-order valence-electron chi connectivity index (χ0n) is 16.0. The highest BCUT2D eigenvalue weighted by Crippen LogP contribution is 2.13. The van der Waals surface area contributed by atoms with Gasteiger partial charge in [0.05, 0.1) is 0 Å². The molecule has 0 saturated heterocycles. The van der Waals surface area contributed by atoms with Crippen molar-refractivity contribution in [1.82, 2.24) is 0 Å². The Labute approximate surface area is 148 Å². The van der Waals surface area contributed by atoms with Gasteiger partial charge in [-0.2, -0.15) is 0 Å². The van der Waals surface area contributed by atoms with Gasteiger partial charge < -0.3 is 4.74 Å². The molecule has 0 amide bonds. The van der Waals surface area contributed by atoms with Crippen LogP contribution in [0.25, 0.3) is 0 Å². The molecule has 0 atom stereocenters. The Balaban J connectivity index is 3.95. The predicted octanol–water partition coefficient (Wildman–Crippen LogP) is 6.28. The fraction of sp³-hybridized carbons (Fsp3) is 0.714. The molecule has 3 nitrogen and oxygen atoms in total. The van der Waals surface area contributed by atoms with Crippen LogP contribution >= 0.6 is 0 Å². The van der Waals surface area contributed by atoms with Gasteiger partial charge in [-0.05, 0) is 32.6 Å². The van der Waals surface area contributed by atoms with Gasteiger partial charge in [0.25, 0.3) is 0 Å². The highest BCUT2D eigenvalue weighted by Gasteiger charge is 2.15. The number of carbonyl (C=O) groups is 2. The lowest BCUT2D eigenvalue weighted by atomic mass is 10.1. The SMILES string of the molecule is C=C(CCCCCCCC)C(=O)OC(=O)C(C)=CCCCCCC. The molecule has 0 unspecified atom stereocenters. The normalized spacial score (nSPS) is 11.4. The van der Waals surface area contributed by atoms with Gasteiger partial charge in [-0.25, -0.2) is 9.59 Å². The van der Waals surface area contributed by atoms with Crippen LogP contribution in [-0.4, -0.2) is 11.9 Å². The van der Waals surface area contributed by atoms with Gasteiger partial charge in [0.15, 0.2) is 0 Å². The van der Waals surface area contributed by atoms with Crippen molar-refractivity contribution in [3.8, 4) is 0 Å². The maximum atomic E-state index is 11.9. The first kappa shape index (κ1) is 22.6. The third-order valence-corrected chi connectivity index (χ3v) is 4.14. The second-order valence-electron chi connectivity index (χ2n) is 6.53. The zero-order valence-corrected chi connectivity index (χ0v) is 16.0. The van der Waals surface area contributed by atoms with Crippen molar-refractivity contribution in [3.05, 3.63) is 23.8 Å². The molecule has 0 aliphatic rings. The van der Waals surface area contributed by atoms with Crippen LogP contribution in [0, 0.1) is 0 Å². The third kappa shape index (κ3) is 12.1. The molecule has 0 spiro atoms. The van der Waals surface area contributed by atoms with E-state index in [0.29, 0.717) is 17.6 Å². The fourth-order valence-electron chi connectivity index (χ4n) is 2.43. The molecule has 0 aromatic heterocycles. The first-order valence-corrected chi connectivity index (χ1v) is 9.63. The maximum absolute atomic E-state index is 11.9. The number of esters is 2. The molecule has 0 aromatic carbocycles. The summed E-state index contributed by atoms with van der Waals surface area (Å²) in [6, 6.07) is 0. The summed E-state index contributed by atoms with van der Waals surface area (Å²) in [6.07, 6.45) is 14.9. The van der Waals surface area contributed by atoms with Crippen LogP contribution in [0.15, 0.2) is 23.8 Å². The summed E-state index contributed by atoms with van der Waals surface area (Å²) in [7, 11) is 0. The second kappa shape index (κ2) is 15.2. The minimum Gasteiger partial charge on any atom is -0.386 e. The number of unbranched alkanes of at least 4 members (excludes halogenated alkanes) is 9. The van der Waals surface area contributed by atoms with E-state index in [2.05, 4.69) is 20.4 Å². The summed E-state index contributed by atoms with van der Waals surface area (Å²) >= 11 is 0. The quantitative estimate of drug-likeness (QED) is 0.162. The molecular weight excluding hydrogens is 300 g/mol. The largest absolute Gasteiger partial charge is 0.386 e. The molecule has 0 N–H and O–H groups in total. The van der Waals surface area contributed by atoms with Gasteiger partial charge in [0, 0.05) is 11.1 Å². The molecule has 0 radical (unpaired) electrons. The number of hydrogen-bond donors (Lipinski definition) is 0. The van der Waals surface area contributed by atoms with E-state index in [1.165, 1.54) is 44.9 Å². The Morgan fingerprint density at radius 3 is 2.00 bits per heavy atom. The van der Waals surface area contributed by atoms with Gasteiger partial charge >= 0.3 is 11.9 Å². The Morgan fingerprint density at radius 1 is 0.833 bits per heavy atom. The molecule has 0 saturated carbocycles. The molecule has 138 valence electrons. The molecule has 0 aliphatic heterocycles. The highest BCUT2D eigenvalue weighted by atomic mass is 16.6. The lowest BCUT2D eigenvalue weighted by Crippen LogP contribution is -2.14. The lowest BCUT2D eigenvalue weighted by Gasteiger charge is -2.06. The molecular formula is C21H36O3. The van der Waals surface area contributed by atoms with E-state index in [1.54, 1.807) is 6.92 Å². The second-order valence-corrected chi connectivity index (χ2v) is 6.53. The van der Waals surface area contributed by atoms with Crippen LogP contribution in [0.2, 0.25) is 0 Å². The van der Waals surface area contributed by atoms with E-state index in [1.807, 2.05) is 6.08 Å². The molecule has 3 heteroatoms. The van der Waals surface area contributed by atoms with E-state index in [0.717, 1.165) is 25.7 Å². The molecule has 0 fully saturated rings. The highest BCUT2D eigenvalue weighted by molar-refractivity contribution is 6.01. The number of ether oxygens (including phenoxy) is 1. The van der Waals surface area contributed by atoms with Gasteiger partial charge in [-0.3, -0.25) is 0 Å². The van der Waals surface area contributed by atoms with Crippen molar-refractivity contribution in [2.24, 2.45) is 0 Å². The van der Waals surface area contributed by atoms with Crippen LogP contribution in [0.4, 0.5) is 0 Å². The van der Waals surface area contributed by atoms with E-state index >= 15 is 0 Å². The maximum Gasteiger partial charge on any atom is 0.341 e. The van der Waals surface area contributed by atoms with Crippen LogP contribution in [0.5, 0.6) is 0 Å². The zero-order chi connectivity index (χ0) is 18.2. The van der Waals surface area contributed by atoms with Crippen LogP contribution in [0.1, 0.15) is 97.8 Å². The number of hydrogen-bond acceptors (Lipinski definition) is 3. The number of rotatable bonds is 14. The third-order valence-electron chi connectivity index (χ3n) is 4.14. The Morgan fingerprint density at radius 2 is 1.38 bits per heavy atom. The summed E-state index contributed by atoms with van der Waals surface area (Å²) in [6.45, 7) is 9.81. The molecule has 0 heterocycles. The van der Waals surface area contributed by atoms with Gasteiger partial charge in [-0.15, -0.1) is 0 Å². The molecule has 24 heavy (non-hydrogen) atoms. The number of allylic oxidation sites excluding steroid dienone is 1. The smallest absolute Gasteiger partial charge is 0.341 e. The predicted molar refractivity (Wildman–Crippen MR) is 101 cm³/mol. The monoisotopic (exact) mass is 336 g/mol. The Bertz CT molecular complexity index is 407. The Kier molecular flexibility index (Phi) is 14.3. The van der Waals surface area contributed by atoms with Crippen molar-refractivity contribution in [1.29, 1.82) is 0 Å². The summed E-state index contributed by atoms with van der Waals surface area (Å²) in [4.78, 5) is 23.7. The molecule has 0 bridgehead atoms. The van der Waals surface area contributed by atoms with Crippen molar-refractivity contribution < 1.29 is 14.3 Å². The van der Waals surface area contributed by atoms with Crippen molar-refractivity contribution in [3.63, 3.8) is 0 Å². The average molecular weight is 337 g/mol. The topological polar surface area (TPSA) is 43.4 Å². The van der Waals surface area contributed by atoms with Crippen molar-refractivity contribution in [2.75, 3.05) is 0 Å². The minimum atomic E-state index is -0.577. The summed E-state index contributed by atoms with van der Waals surface area (Å²) in [5.74, 6) is -1.12. The van der Waals surface area contributed by atoms with Crippen LogP contribution < -0.4 is 0 Å². The van der Waals surface area contributed by atoms with E-state index in [-0.39, 0.29) is 0 Å². The minimum absolute atomic E-state index is 0.398. The average Bonchev–Trinajstić information content (AvgIpc) is 2.57. The van der Waals surface area contributed by atoms with Crippen molar-refractivity contribution in [2.45, 2.75) is 97.8 Å². The first-order valence-electron chi connectivity index (χ1n) is 9.63. The standard InChI is InChI=1S/C21H36O3/c1-5-7-9-11-13-15-17-19(4)21(23)24-20(22)18(3)16-14-12-10-8-6-2/h16H,4-15,17H2,1-3H3. The van der Waals surface area contributed by atoms with Gasteiger partial charge in [0.1, 0.15) is 0 Å². The fourth-order valence-corrected chi connectivity index (χ4v) is 2.43. The molecule has 0 rings (SSSR count). The van der Waals surface area contributed by atoms with Crippen LogP contribution in [0.3, 0.4) is 0 Å².